The third-order valence-electron chi connectivity index (χ3n) is 5.08. The summed E-state index contributed by atoms with van der Waals surface area (Å²) in [6.45, 7) is 0.811. The van der Waals surface area contributed by atoms with Gasteiger partial charge in [-0.15, -0.1) is 0 Å². The number of pyridine rings is 1. The topological polar surface area (TPSA) is 86.8 Å². The van der Waals surface area contributed by atoms with Gasteiger partial charge in [0.1, 0.15) is 23.1 Å². The van der Waals surface area contributed by atoms with Gasteiger partial charge in [0.05, 0.1) is 17.9 Å². The minimum atomic E-state index is -4.59. The first kappa shape index (κ1) is 28.7. The smallest absolute Gasteiger partial charge is 0.417 e. The molecule has 0 saturated heterocycles. The summed E-state index contributed by atoms with van der Waals surface area (Å²) in [4.78, 5) is 3.73. The first-order valence-electron chi connectivity index (χ1n) is 11.2. The van der Waals surface area contributed by atoms with Crippen molar-refractivity contribution in [2.75, 3.05) is 26.9 Å². The summed E-state index contributed by atoms with van der Waals surface area (Å²) in [7, 11) is -1.99. The normalized spacial score (nSPS) is 11.9. The molecule has 2 aromatic carbocycles. The van der Waals surface area contributed by atoms with Crippen LogP contribution in [0.2, 0.25) is 5.02 Å². The monoisotopic (exact) mass is 558 g/mol. The van der Waals surface area contributed by atoms with E-state index in [0.717, 1.165) is 6.07 Å². The van der Waals surface area contributed by atoms with Gasteiger partial charge in [0, 0.05) is 25.9 Å². The molecule has 37 heavy (non-hydrogen) atoms. The molecule has 0 radical (unpaired) electrons. The Morgan fingerprint density at radius 2 is 1.81 bits per heavy atom. The number of benzene rings is 2. The molecule has 0 aliphatic carbocycles. The number of aryl methyl sites for hydroxylation is 1. The van der Waals surface area contributed by atoms with Gasteiger partial charge in [0.2, 0.25) is 15.9 Å². The number of rotatable bonds is 13. The maximum Gasteiger partial charge on any atom is 0.417 e. The molecule has 1 heterocycles. The highest BCUT2D eigenvalue weighted by atomic mass is 35.5. The first-order chi connectivity index (χ1) is 17.6. The highest BCUT2D eigenvalue weighted by molar-refractivity contribution is 7.88. The minimum absolute atomic E-state index is 0.131. The van der Waals surface area contributed by atoms with Crippen molar-refractivity contribution in [1.29, 1.82) is 0 Å². The van der Waals surface area contributed by atoms with Crippen LogP contribution in [0.4, 0.5) is 13.2 Å². The second-order valence-corrected chi connectivity index (χ2v) is 10.2. The lowest BCUT2D eigenvalue weighted by Crippen LogP contribution is -2.26. The van der Waals surface area contributed by atoms with Crippen LogP contribution >= 0.6 is 11.6 Å². The summed E-state index contributed by atoms with van der Waals surface area (Å²) in [6, 6.07) is 14.6. The highest BCUT2D eigenvalue weighted by Gasteiger charge is 2.32. The van der Waals surface area contributed by atoms with Gasteiger partial charge in [0.15, 0.2) is 0 Å². The number of methoxy groups -OCH3 is 1. The molecule has 0 atom stereocenters. The predicted octanol–water partition coefficient (Wildman–Crippen LogP) is 5.62. The summed E-state index contributed by atoms with van der Waals surface area (Å²) >= 11 is 6.01. The van der Waals surface area contributed by atoms with Gasteiger partial charge in [-0.3, -0.25) is 0 Å². The average Bonchev–Trinajstić information content (AvgIpc) is 2.84. The molecule has 0 saturated carbocycles. The third-order valence-corrected chi connectivity index (χ3v) is 6.71. The quantitative estimate of drug-likeness (QED) is 0.274. The molecule has 0 amide bonds. The van der Waals surface area contributed by atoms with E-state index in [2.05, 4.69) is 9.71 Å². The van der Waals surface area contributed by atoms with E-state index in [9.17, 15) is 21.6 Å². The Morgan fingerprint density at radius 3 is 2.49 bits per heavy atom. The Morgan fingerprint density at radius 1 is 1.05 bits per heavy atom. The fraction of sp³-hybridized carbons (Fsp3) is 0.320. The zero-order valence-corrected chi connectivity index (χ0v) is 21.5. The lowest BCUT2D eigenvalue weighted by Gasteiger charge is -2.15. The number of nitrogens with one attached hydrogen (secondary N) is 1. The standard InChI is InChI=1S/C25H26ClF3N2O5S/c1-34-12-13-35-21-10-9-19(8-5-11-31-37(32,33)17-18-6-3-2-4-7-18)23(15-21)36-24-22(26)14-20(16-30-24)25(27,28)29/h2-4,6-7,9-10,14-16,31H,5,8,11-13,17H2,1H3. The van der Waals surface area contributed by atoms with Crippen molar-refractivity contribution < 1.29 is 35.8 Å². The number of halogens is 4. The molecule has 12 heteroatoms. The Labute approximate surface area is 218 Å². The summed E-state index contributed by atoms with van der Waals surface area (Å²) in [5.74, 6) is 0.389. The molecular weight excluding hydrogens is 533 g/mol. The van der Waals surface area contributed by atoms with Crippen LogP contribution in [0, 0.1) is 0 Å². The number of aromatic nitrogens is 1. The van der Waals surface area contributed by atoms with Gasteiger partial charge in [-0.05, 0) is 36.1 Å². The molecule has 0 aliphatic rings. The second-order valence-electron chi connectivity index (χ2n) is 7.96. The zero-order chi connectivity index (χ0) is 26.9. The molecule has 0 aliphatic heterocycles. The predicted molar refractivity (Wildman–Crippen MR) is 134 cm³/mol. The maximum absolute atomic E-state index is 13.0. The maximum atomic E-state index is 13.0. The van der Waals surface area contributed by atoms with Crippen LogP contribution in [-0.4, -0.2) is 40.3 Å². The lowest BCUT2D eigenvalue weighted by atomic mass is 10.1. The van der Waals surface area contributed by atoms with Crippen LogP contribution in [0.25, 0.3) is 0 Å². The zero-order valence-electron chi connectivity index (χ0n) is 19.9. The van der Waals surface area contributed by atoms with Crippen molar-refractivity contribution in [3.05, 3.63) is 82.5 Å². The van der Waals surface area contributed by atoms with Crippen molar-refractivity contribution in [3.8, 4) is 17.4 Å². The highest BCUT2D eigenvalue weighted by Crippen LogP contribution is 2.36. The molecule has 7 nitrogen and oxygen atoms in total. The number of alkyl halides is 3. The van der Waals surface area contributed by atoms with Crippen LogP contribution in [-0.2, 0) is 33.1 Å². The van der Waals surface area contributed by atoms with E-state index in [1.807, 2.05) is 6.07 Å². The Hall–Kier alpha value is -2.86. The van der Waals surface area contributed by atoms with Crippen LogP contribution in [0.1, 0.15) is 23.1 Å². The van der Waals surface area contributed by atoms with Gasteiger partial charge in [0.25, 0.3) is 0 Å². The molecule has 0 fully saturated rings. The van der Waals surface area contributed by atoms with Gasteiger partial charge in [-0.1, -0.05) is 48.0 Å². The van der Waals surface area contributed by atoms with Crippen molar-refractivity contribution in [2.24, 2.45) is 0 Å². The number of nitrogens with zero attached hydrogens (tertiary/aromatic N) is 1. The van der Waals surface area contributed by atoms with Gasteiger partial charge in [-0.25, -0.2) is 18.1 Å². The molecule has 0 unspecified atom stereocenters. The lowest BCUT2D eigenvalue weighted by molar-refractivity contribution is -0.137. The van der Waals surface area contributed by atoms with Crippen LogP contribution in [0.3, 0.4) is 0 Å². The van der Waals surface area contributed by atoms with Crippen molar-refractivity contribution in [1.82, 2.24) is 9.71 Å². The van der Waals surface area contributed by atoms with Gasteiger partial charge < -0.3 is 14.2 Å². The Bertz CT molecular complexity index is 1280. The molecular formula is C25H26ClF3N2O5S. The molecule has 3 aromatic rings. The van der Waals surface area contributed by atoms with E-state index in [4.69, 9.17) is 25.8 Å². The summed E-state index contributed by atoms with van der Waals surface area (Å²) in [6.07, 6.45) is -3.12. The number of hydrogen-bond acceptors (Lipinski definition) is 6. The summed E-state index contributed by atoms with van der Waals surface area (Å²) in [5, 5.41) is -0.305. The number of sulfonamides is 1. The second kappa shape index (κ2) is 13.1. The van der Waals surface area contributed by atoms with Crippen molar-refractivity contribution >= 4 is 21.6 Å². The molecule has 200 valence electrons. The van der Waals surface area contributed by atoms with E-state index in [-0.39, 0.29) is 35.6 Å². The Balaban J connectivity index is 1.70. The molecule has 3 rings (SSSR count). The van der Waals surface area contributed by atoms with Crippen molar-refractivity contribution in [3.63, 3.8) is 0 Å². The van der Waals surface area contributed by atoms with Crippen molar-refractivity contribution in [2.45, 2.75) is 24.8 Å². The largest absolute Gasteiger partial charge is 0.491 e. The molecule has 0 bridgehead atoms. The van der Waals surface area contributed by atoms with Crippen LogP contribution in [0.5, 0.6) is 17.4 Å². The number of hydrogen-bond donors (Lipinski definition) is 1. The SMILES string of the molecule is COCCOc1ccc(CCCNS(=O)(=O)Cc2ccccc2)c(Oc2ncc(C(F)(F)F)cc2Cl)c1. The van der Waals surface area contributed by atoms with Gasteiger partial charge in [-0.2, -0.15) is 13.2 Å². The van der Waals surface area contributed by atoms with E-state index >= 15 is 0 Å². The Kier molecular flexibility index (Phi) is 10.2. The molecule has 1 N–H and O–H groups in total. The molecule has 0 spiro atoms. The first-order valence-corrected chi connectivity index (χ1v) is 13.3. The van der Waals surface area contributed by atoms with E-state index in [0.29, 0.717) is 42.5 Å². The minimum Gasteiger partial charge on any atom is -0.491 e. The van der Waals surface area contributed by atoms with Gasteiger partial charge >= 0.3 is 6.18 Å². The molecule has 1 aromatic heterocycles. The summed E-state index contributed by atoms with van der Waals surface area (Å²) in [5.41, 5.74) is 0.347. The fourth-order valence-electron chi connectivity index (χ4n) is 3.28. The summed E-state index contributed by atoms with van der Waals surface area (Å²) < 4.78 is 82.5. The van der Waals surface area contributed by atoms with E-state index in [1.54, 1.807) is 42.5 Å². The van der Waals surface area contributed by atoms with E-state index in [1.165, 1.54) is 7.11 Å². The fourth-order valence-corrected chi connectivity index (χ4v) is 4.67. The third kappa shape index (κ3) is 9.19. The average molecular weight is 559 g/mol. The number of ether oxygens (including phenoxy) is 3. The van der Waals surface area contributed by atoms with Crippen LogP contribution in [0.15, 0.2) is 60.8 Å². The van der Waals surface area contributed by atoms with E-state index < -0.39 is 21.8 Å². The van der Waals surface area contributed by atoms with Crippen LogP contribution < -0.4 is 14.2 Å².